The van der Waals surface area contributed by atoms with Gasteiger partial charge < -0.3 is 0 Å². The molecule has 23 heavy (non-hydrogen) atoms. The number of aromatic nitrogens is 2. The van der Waals surface area contributed by atoms with Gasteiger partial charge >= 0.3 is 0 Å². The minimum atomic E-state index is 0.717. The number of aryl methyl sites for hydroxylation is 2. The van der Waals surface area contributed by atoms with Crippen LogP contribution in [0.15, 0.2) is 42.7 Å². The average molecular weight is 330 g/mol. The summed E-state index contributed by atoms with van der Waals surface area (Å²) in [7, 11) is 0. The number of halogens is 1. The number of unbranched alkanes of at least 4 members (excludes halogenated alkanes) is 1. The predicted molar refractivity (Wildman–Crippen MR) is 96.7 cm³/mol. The van der Waals surface area contributed by atoms with Crippen molar-refractivity contribution in [2.75, 3.05) is 19.6 Å². The lowest BCUT2D eigenvalue weighted by atomic mass is 9.98. The third-order valence-corrected chi connectivity index (χ3v) is 4.62. The van der Waals surface area contributed by atoms with Crippen molar-refractivity contribution < 1.29 is 0 Å². The lowest BCUT2D eigenvalue weighted by Crippen LogP contribution is -2.29. The molecule has 4 heteroatoms. The molecule has 0 fully saturated rings. The predicted octanol–water partition coefficient (Wildman–Crippen LogP) is 4.41. The van der Waals surface area contributed by atoms with E-state index in [0.29, 0.717) is 0 Å². The van der Waals surface area contributed by atoms with Crippen molar-refractivity contribution >= 4 is 17.2 Å². The number of nitrogens with zero attached hydrogens (tertiary/aromatic N) is 3. The normalized spacial score (nSPS) is 15.7. The fourth-order valence-corrected chi connectivity index (χ4v) is 3.17. The van der Waals surface area contributed by atoms with Crippen LogP contribution in [0.1, 0.15) is 30.4 Å². The molecule has 2 aromatic rings. The molecule has 1 aliphatic rings. The summed E-state index contributed by atoms with van der Waals surface area (Å²) in [6.45, 7) is 6.47. The molecule has 0 unspecified atom stereocenters. The van der Waals surface area contributed by atoms with E-state index in [0.717, 1.165) is 44.0 Å². The lowest BCUT2D eigenvalue weighted by Gasteiger charge is -2.26. The summed E-state index contributed by atoms with van der Waals surface area (Å²) in [6.07, 6.45) is 9.47. The third-order valence-electron chi connectivity index (χ3n) is 4.43. The molecule has 0 aliphatic carbocycles. The molecule has 0 bridgehead atoms. The molecular weight excluding hydrogens is 306 g/mol. The highest BCUT2D eigenvalue weighted by atomic mass is 35.5. The molecule has 0 N–H and O–H groups in total. The first-order valence-electron chi connectivity index (χ1n) is 8.37. The van der Waals surface area contributed by atoms with Crippen molar-refractivity contribution in [3.05, 3.63) is 58.9 Å². The van der Waals surface area contributed by atoms with Gasteiger partial charge in [-0.1, -0.05) is 47.5 Å². The van der Waals surface area contributed by atoms with Crippen molar-refractivity contribution in [2.24, 2.45) is 0 Å². The summed E-state index contributed by atoms with van der Waals surface area (Å²) >= 11 is 5.87. The second kappa shape index (κ2) is 7.80. The minimum Gasteiger partial charge on any atom is -0.299 e. The Kier molecular flexibility index (Phi) is 5.52. The molecule has 1 aliphatic heterocycles. The van der Waals surface area contributed by atoms with Gasteiger partial charge in [-0.3, -0.25) is 9.58 Å². The highest BCUT2D eigenvalue weighted by molar-refractivity contribution is 6.30. The van der Waals surface area contributed by atoms with Crippen molar-refractivity contribution in [1.82, 2.24) is 14.7 Å². The fourth-order valence-electron chi connectivity index (χ4n) is 3.01. The van der Waals surface area contributed by atoms with Crippen molar-refractivity contribution in [2.45, 2.75) is 32.7 Å². The van der Waals surface area contributed by atoms with Crippen LogP contribution >= 0.6 is 11.6 Å². The quantitative estimate of drug-likeness (QED) is 0.732. The van der Waals surface area contributed by atoms with E-state index in [4.69, 9.17) is 11.6 Å². The number of benzene rings is 1. The SMILES string of the molecule is Cc1ccc(C2=CCN(CCCCn3cc(Cl)cn3)CC2)cc1. The van der Waals surface area contributed by atoms with Gasteiger partial charge in [-0.2, -0.15) is 5.10 Å². The second-order valence-corrected chi connectivity index (χ2v) is 6.71. The van der Waals surface area contributed by atoms with Crippen LogP contribution in [0.3, 0.4) is 0 Å². The van der Waals surface area contributed by atoms with Gasteiger partial charge in [-0.05, 0) is 43.9 Å². The molecule has 2 heterocycles. The Morgan fingerprint density at radius 1 is 1.13 bits per heavy atom. The summed E-state index contributed by atoms with van der Waals surface area (Å²) in [6, 6.07) is 8.88. The maximum Gasteiger partial charge on any atom is 0.0785 e. The van der Waals surface area contributed by atoms with E-state index in [-0.39, 0.29) is 0 Å². The first-order valence-corrected chi connectivity index (χ1v) is 8.75. The van der Waals surface area contributed by atoms with E-state index in [9.17, 15) is 0 Å². The zero-order chi connectivity index (χ0) is 16.1. The Bertz CT molecular complexity index is 658. The van der Waals surface area contributed by atoms with Crippen LogP contribution in [0.4, 0.5) is 0 Å². The first-order chi connectivity index (χ1) is 11.2. The topological polar surface area (TPSA) is 21.1 Å². The molecule has 0 saturated heterocycles. The van der Waals surface area contributed by atoms with Gasteiger partial charge in [0.25, 0.3) is 0 Å². The Labute approximate surface area is 143 Å². The summed E-state index contributed by atoms with van der Waals surface area (Å²) < 4.78 is 1.92. The number of hydrogen-bond donors (Lipinski definition) is 0. The number of hydrogen-bond acceptors (Lipinski definition) is 2. The largest absolute Gasteiger partial charge is 0.299 e. The molecule has 3 rings (SSSR count). The lowest BCUT2D eigenvalue weighted by molar-refractivity contribution is 0.291. The van der Waals surface area contributed by atoms with Gasteiger partial charge in [0.2, 0.25) is 0 Å². The van der Waals surface area contributed by atoms with Crippen LogP contribution in [0.5, 0.6) is 0 Å². The van der Waals surface area contributed by atoms with E-state index in [2.05, 4.69) is 47.3 Å². The van der Waals surface area contributed by atoms with Gasteiger partial charge in [-0.25, -0.2) is 0 Å². The van der Waals surface area contributed by atoms with Gasteiger partial charge in [0.05, 0.1) is 11.2 Å². The third kappa shape index (κ3) is 4.69. The van der Waals surface area contributed by atoms with Crippen LogP contribution in [-0.2, 0) is 6.54 Å². The second-order valence-electron chi connectivity index (χ2n) is 6.27. The maximum absolute atomic E-state index is 5.87. The Morgan fingerprint density at radius 3 is 2.57 bits per heavy atom. The highest BCUT2D eigenvalue weighted by Crippen LogP contribution is 2.22. The monoisotopic (exact) mass is 329 g/mol. The molecule has 0 spiro atoms. The molecule has 0 radical (unpaired) electrons. The number of rotatable bonds is 6. The van der Waals surface area contributed by atoms with E-state index in [1.807, 2.05) is 10.9 Å². The van der Waals surface area contributed by atoms with Crippen LogP contribution in [0.25, 0.3) is 5.57 Å². The van der Waals surface area contributed by atoms with Crippen LogP contribution in [0.2, 0.25) is 5.02 Å². The zero-order valence-electron chi connectivity index (χ0n) is 13.7. The van der Waals surface area contributed by atoms with E-state index in [1.165, 1.54) is 23.1 Å². The Hall–Kier alpha value is -1.58. The Balaban J connectivity index is 1.41. The van der Waals surface area contributed by atoms with Crippen molar-refractivity contribution in [1.29, 1.82) is 0 Å². The molecule has 122 valence electrons. The maximum atomic E-state index is 5.87. The van der Waals surface area contributed by atoms with Crippen molar-refractivity contribution in [3.63, 3.8) is 0 Å². The molecule has 0 saturated carbocycles. The van der Waals surface area contributed by atoms with Gasteiger partial charge in [0, 0.05) is 25.8 Å². The molecule has 3 nitrogen and oxygen atoms in total. The van der Waals surface area contributed by atoms with Gasteiger partial charge in [0.15, 0.2) is 0 Å². The summed E-state index contributed by atoms with van der Waals surface area (Å²) in [5.41, 5.74) is 4.20. The summed E-state index contributed by atoms with van der Waals surface area (Å²) in [5.74, 6) is 0. The van der Waals surface area contributed by atoms with Crippen LogP contribution < -0.4 is 0 Å². The van der Waals surface area contributed by atoms with E-state index >= 15 is 0 Å². The zero-order valence-corrected chi connectivity index (χ0v) is 14.5. The summed E-state index contributed by atoms with van der Waals surface area (Å²) in [4.78, 5) is 2.54. The molecule has 0 amide bonds. The van der Waals surface area contributed by atoms with Gasteiger partial charge in [-0.15, -0.1) is 0 Å². The smallest absolute Gasteiger partial charge is 0.0785 e. The molecule has 1 aromatic heterocycles. The van der Waals surface area contributed by atoms with Crippen LogP contribution in [-0.4, -0.2) is 34.3 Å². The average Bonchev–Trinajstić information content (AvgIpc) is 2.98. The fraction of sp³-hybridized carbons (Fsp3) is 0.421. The van der Waals surface area contributed by atoms with E-state index in [1.54, 1.807) is 6.20 Å². The molecule has 1 aromatic carbocycles. The van der Waals surface area contributed by atoms with Gasteiger partial charge in [0.1, 0.15) is 0 Å². The molecule has 0 atom stereocenters. The standard InChI is InChI=1S/C19H24ClN3/c1-16-4-6-17(7-5-16)18-8-12-22(13-9-18)10-2-3-11-23-15-19(20)14-21-23/h4-8,14-15H,2-3,9-13H2,1H3. The van der Waals surface area contributed by atoms with Crippen molar-refractivity contribution in [3.8, 4) is 0 Å². The highest BCUT2D eigenvalue weighted by Gasteiger charge is 2.12. The first kappa shape index (κ1) is 16.3. The Morgan fingerprint density at radius 2 is 1.91 bits per heavy atom. The molecular formula is C19H24ClN3. The van der Waals surface area contributed by atoms with E-state index < -0.39 is 0 Å². The van der Waals surface area contributed by atoms with Crippen LogP contribution in [0, 0.1) is 6.92 Å². The summed E-state index contributed by atoms with van der Waals surface area (Å²) in [5, 5.41) is 4.93. The minimum absolute atomic E-state index is 0.717.